The lowest BCUT2D eigenvalue weighted by atomic mass is 10.1. The van der Waals surface area contributed by atoms with E-state index in [1.807, 2.05) is 0 Å². The van der Waals surface area contributed by atoms with E-state index in [9.17, 15) is 14.4 Å². The molecule has 0 aliphatic heterocycles. The average molecular weight is 382 g/mol. The van der Waals surface area contributed by atoms with E-state index in [4.69, 9.17) is 13.7 Å². The number of carbonyl (C=O) groups is 3. The predicted octanol–water partition coefficient (Wildman–Crippen LogP) is 3.63. The second-order valence-electron chi connectivity index (χ2n) is 6.16. The van der Waals surface area contributed by atoms with Gasteiger partial charge in [-0.1, -0.05) is 29.4 Å². The van der Waals surface area contributed by atoms with Gasteiger partial charge in [-0.15, -0.1) is 0 Å². The van der Waals surface area contributed by atoms with Crippen LogP contribution in [0.4, 0.5) is 5.82 Å². The number of nitrogens with zero attached hydrogens (tertiary/aromatic N) is 1. The first-order chi connectivity index (χ1) is 13.3. The van der Waals surface area contributed by atoms with E-state index in [1.54, 1.807) is 43.3 Å². The molecule has 0 aliphatic carbocycles. The number of benzene rings is 1. The maximum Gasteiger partial charge on any atom is 0.375 e. The zero-order chi connectivity index (χ0) is 20.3. The van der Waals surface area contributed by atoms with Gasteiger partial charge in [0, 0.05) is 17.2 Å². The predicted molar refractivity (Wildman–Crippen MR) is 98.9 cm³/mol. The fraction of sp³-hybridized carbons (Fsp3) is 0.200. The smallest absolute Gasteiger partial charge is 0.375 e. The summed E-state index contributed by atoms with van der Waals surface area (Å²) in [5.41, 5.74) is 1.29. The first-order valence-corrected chi connectivity index (χ1v) is 8.50. The first-order valence-electron chi connectivity index (χ1n) is 8.50. The molecular formula is C20H18N2O6. The fourth-order valence-electron chi connectivity index (χ4n) is 2.40. The number of esters is 1. The molecule has 3 rings (SSSR count). The van der Waals surface area contributed by atoms with Crippen LogP contribution in [0.1, 0.15) is 40.5 Å². The van der Waals surface area contributed by atoms with E-state index in [1.165, 1.54) is 19.9 Å². The standard InChI is InChI=1S/C20H18N2O6/c1-11-10-18(22-28-11)21-19(24)13(3)26-20(25)17-9-8-16(27-17)15-6-4-14(5-7-15)12(2)23/h4-10,13H,1-3H3,(H,21,22,24)/t13-/m1/s1. The van der Waals surface area contributed by atoms with Crippen molar-refractivity contribution in [3.63, 3.8) is 0 Å². The minimum absolute atomic E-state index is 0.0386. The molecule has 2 heterocycles. The topological polar surface area (TPSA) is 112 Å². The molecule has 0 unspecified atom stereocenters. The molecule has 3 aromatic rings. The number of furan rings is 1. The summed E-state index contributed by atoms with van der Waals surface area (Å²) in [6.07, 6.45) is -1.06. The Hall–Kier alpha value is -3.68. The second kappa shape index (κ2) is 7.91. The van der Waals surface area contributed by atoms with Crippen LogP contribution in [0, 0.1) is 6.92 Å². The van der Waals surface area contributed by atoms with Crippen LogP contribution in [0.25, 0.3) is 11.3 Å². The monoisotopic (exact) mass is 382 g/mol. The second-order valence-corrected chi connectivity index (χ2v) is 6.16. The highest BCUT2D eigenvalue weighted by atomic mass is 16.6. The molecule has 1 aromatic carbocycles. The summed E-state index contributed by atoms with van der Waals surface area (Å²) in [7, 11) is 0. The van der Waals surface area contributed by atoms with E-state index in [-0.39, 0.29) is 17.4 Å². The van der Waals surface area contributed by atoms with Crippen molar-refractivity contribution in [3.8, 4) is 11.3 Å². The third-order valence-corrected chi connectivity index (χ3v) is 3.92. The maximum atomic E-state index is 12.2. The van der Waals surface area contributed by atoms with E-state index >= 15 is 0 Å². The number of amides is 1. The Morgan fingerprint density at radius 3 is 2.43 bits per heavy atom. The number of hydrogen-bond acceptors (Lipinski definition) is 7. The van der Waals surface area contributed by atoms with Gasteiger partial charge >= 0.3 is 5.97 Å². The lowest BCUT2D eigenvalue weighted by molar-refractivity contribution is -0.123. The molecule has 8 nitrogen and oxygen atoms in total. The Bertz CT molecular complexity index is 1020. The van der Waals surface area contributed by atoms with Crippen LogP contribution >= 0.6 is 0 Å². The van der Waals surface area contributed by atoms with Crippen LogP contribution in [-0.2, 0) is 9.53 Å². The highest BCUT2D eigenvalue weighted by molar-refractivity contribution is 5.96. The van der Waals surface area contributed by atoms with Crippen molar-refractivity contribution in [3.05, 3.63) is 59.5 Å². The molecule has 0 radical (unpaired) electrons. The lowest BCUT2D eigenvalue weighted by Gasteiger charge is -2.11. The van der Waals surface area contributed by atoms with Crippen molar-refractivity contribution in [2.75, 3.05) is 5.32 Å². The van der Waals surface area contributed by atoms with Crippen LogP contribution in [0.15, 0.2) is 51.4 Å². The molecule has 0 bridgehead atoms. The molecule has 0 saturated carbocycles. The van der Waals surface area contributed by atoms with Gasteiger partial charge in [0.2, 0.25) is 5.76 Å². The zero-order valence-electron chi connectivity index (χ0n) is 15.5. The van der Waals surface area contributed by atoms with E-state index < -0.39 is 18.0 Å². The minimum Gasteiger partial charge on any atom is -0.449 e. The minimum atomic E-state index is -1.06. The summed E-state index contributed by atoms with van der Waals surface area (Å²) in [4.78, 5) is 35.6. The number of rotatable bonds is 6. The molecule has 0 fully saturated rings. The van der Waals surface area contributed by atoms with Crippen LogP contribution in [0.2, 0.25) is 0 Å². The Kier molecular flexibility index (Phi) is 5.39. The van der Waals surface area contributed by atoms with Gasteiger partial charge < -0.3 is 19.0 Å². The van der Waals surface area contributed by atoms with Gasteiger partial charge in [0.15, 0.2) is 17.7 Å². The zero-order valence-corrected chi connectivity index (χ0v) is 15.5. The molecule has 0 saturated heterocycles. The Balaban J connectivity index is 1.63. The van der Waals surface area contributed by atoms with Gasteiger partial charge in [-0.3, -0.25) is 9.59 Å². The van der Waals surface area contributed by atoms with Crippen molar-refractivity contribution >= 4 is 23.5 Å². The normalized spacial score (nSPS) is 11.7. The molecule has 1 N–H and O–H groups in total. The van der Waals surface area contributed by atoms with Crippen LogP contribution < -0.4 is 5.32 Å². The van der Waals surface area contributed by atoms with Gasteiger partial charge in [-0.2, -0.15) is 0 Å². The maximum absolute atomic E-state index is 12.2. The Labute approximate surface area is 160 Å². The summed E-state index contributed by atoms with van der Waals surface area (Å²) >= 11 is 0. The summed E-state index contributed by atoms with van der Waals surface area (Å²) in [5.74, 6) is -0.180. The largest absolute Gasteiger partial charge is 0.449 e. The van der Waals surface area contributed by atoms with Crippen molar-refractivity contribution in [1.29, 1.82) is 0 Å². The number of anilines is 1. The van der Waals surface area contributed by atoms with Gasteiger partial charge in [0.05, 0.1) is 0 Å². The van der Waals surface area contributed by atoms with Gasteiger partial charge in [-0.25, -0.2) is 4.79 Å². The molecule has 144 valence electrons. The number of ether oxygens (including phenoxy) is 1. The molecule has 2 aromatic heterocycles. The molecule has 1 atom stereocenters. The summed E-state index contributed by atoms with van der Waals surface area (Å²) in [6.45, 7) is 4.61. The Morgan fingerprint density at radius 2 is 1.82 bits per heavy atom. The van der Waals surface area contributed by atoms with E-state index in [0.29, 0.717) is 22.6 Å². The number of aryl methyl sites for hydroxylation is 1. The lowest BCUT2D eigenvalue weighted by Crippen LogP contribution is -2.30. The summed E-state index contributed by atoms with van der Waals surface area (Å²) in [5, 5.41) is 6.13. The molecule has 0 aliphatic rings. The fourth-order valence-corrected chi connectivity index (χ4v) is 2.40. The summed E-state index contributed by atoms with van der Waals surface area (Å²) < 4.78 is 15.5. The van der Waals surface area contributed by atoms with Gasteiger partial charge in [-0.05, 0) is 32.9 Å². The SMILES string of the molecule is CC(=O)c1ccc(-c2ccc(C(=O)O[C@H](C)C(=O)Nc3cc(C)on3)o2)cc1. The van der Waals surface area contributed by atoms with Crippen molar-refractivity contribution < 1.29 is 28.1 Å². The van der Waals surface area contributed by atoms with Gasteiger partial charge in [0.1, 0.15) is 11.5 Å². The van der Waals surface area contributed by atoms with Crippen molar-refractivity contribution in [1.82, 2.24) is 5.16 Å². The van der Waals surface area contributed by atoms with Gasteiger partial charge in [0.25, 0.3) is 5.91 Å². The number of aromatic nitrogens is 1. The quantitative estimate of drug-likeness (QED) is 0.512. The van der Waals surface area contributed by atoms with E-state index in [0.717, 1.165) is 0 Å². The molecule has 0 spiro atoms. The average Bonchev–Trinajstić information content (AvgIpc) is 3.31. The molecule has 28 heavy (non-hydrogen) atoms. The highest BCUT2D eigenvalue weighted by Crippen LogP contribution is 2.23. The third kappa shape index (κ3) is 4.35. The first kappa shape index (κ1) is 19.1. The van der Waals surface area contributed by atoms with Crippen molar-refractivity contribution in [2.45, 2.75) is 26.9 Å². The van der Waals surface area contributed by atoms with Crippen molar-refractivity contribution in [2.24, 2.45) is 0 Å². The third-order valence-electron chi connectivity index (χ3n) is 3.92. The van der Waals surface area contributed by atoms with E-state index in [2.05, 4.69) is 10.5 Å². The Morgan fingerprint density at radius 1 is 1.11 bits per heavy atom. The number of hydrogen-bond donors (Lipinski definition) is 1. The molecule has 1 amide bonds. The number of carbonyl (C=O) groups excluding carboxylic acids is 3. The highest BCUT2D eigenvalue weighted by Gasteiger charge is 2.22. The number of ketones is 1. The molecular weight excluding hydrogens is 364 g/mol. The van der Waals surface area contributed by atoms with Crippen LogP contribution in [0.5, 0.6) is 0 Å². The van der Waals surface area contributed by atoms with Crippen LogP contribution in [-0.4, -0.2) is 28.9 Å². The molecule has 8 heteroatoms. The van der Waals surface area contributed by atoms with Crippen LogP contribution in [0.3, 0.4) is 0 Å². The number of nitrogens with one attached hydrogen (secondary N) is 1. The summed E-state index contributed by atoms with van der Waals surface area (Å²) in [6, 6.07) is 11.4. The number of Topliss-reactive ketones (excluding diaryl/α,β-unsaturated/α-hetero) is 1.